The van der Waals surface area contributed by atoms with E-state index in [1.807, 2.05) is 32.0 Å². The second-order valence-corrected chi connectivity index (χ2v) is 9.13. The van der Waals surface area contributed by atoms with E-state index in [-0.39, 0.29) is 30.7 Å². The van der Waals surface area contributed by atoms with Gasteiger partial charge in [-0.2, -0.15) is 0 Å². The first-order valence-corrected chi connectivity index (χ1v) is 11.9. The summed E-state index contributed by atoms with van der Waals surface area (Å²) in [6.45, 7) is 7.05. The highest BCUT2D eigenvalue weighted by molar-refractivity contribution is 5.89. The van der Waals surface area contributed by atoms with E-state index in [9.17, 15) is 14.4 Å². The van der Waals surface area contributed by atoms with Crippen molar-refractivity contribution in [3.63, 3.8) is 0 Å². The highest BCUT2D eigenvalue weighted by Gasteiger charge is 2.33. The number of fused-ring (bicyclic) bond motifs is 2. The molecule has 3 heterocycles. The number of nitrogens with zero attached hydrogens (tertiary/aromatic N) is 2. The molecule has 2 aliphatic heterocycles. The van der Waals surface area contributed by atoms with Crippen molar-refractivity contribution in [3.05, 3.63) is 63.5 Å². The molecule has 36 heavy (non-hydrogen) atoms. The number of aryl methyl sites for hydroxylation is 2. The lowest BCUT2D eigenvalue weighted by Gasteiger charge is -2.37. The van der Waals surface area contributed by atoms with Crippen LogP contribution in [-0.4, -0.2) is 67.1 Å². The van der Waals surface area contributed by atoms with Crippen LogP contribution in [0, 0.1) is 20.8 Å². The molecule has 3 aromatic rings. The lowest BCUT2D eigenvalue weighted by atomic mass is 10.0. The van der Waals surface area contributed by atoms with Crippen LogP contribution in [0.25, 0.3) is 11.0 Å². The van der Waals surface area contributed by atoms with E-state index in [0.29, 0.717) is 60.0 Å². The minimum Gasteiger partial charge on any atom is -0.485 e. The molecule has 0 saturated carbocycles. The largest absolute Gasteiger partial charge is 0.485 e. The molecule has 1 aromatic heterocycles. The Hall–Kier alpha value is -4.01. The monoisotopic (exact) mass is 492 g/mol. The molecule has 1 atom stereocenters. The van der Waals surface area contributed by atoms with Gasteiger partial charge in [0.2, 0.25) is 6.10 Å². The van der Waals surface area contributed by atoms with Crippen LogP contribution in [0.1, 0.15) is 16.7 Å². The van der Waals surface area contributed by atoms with Crippen molar-refractivity contribution in [2.75, 3.05) is 39.4 Å². The van der Waals surface area contributed by atoms with Crippen molar-refractivity contribution in [2.45, 2.75) is 26.9 Å². The summed E-state index contributed by atoms with van der Waals surface area (Å²) in [5.74, 6) is 1.37. The van der Waals surface area contributed by atoms with Crippen LogP contribution in [0.5, 0.6) is 17.2 Å². The minimum atomic E-state index is -0.702. The molecule has 5 rings (SSSR count). The second-order valence-electron chi connectivity index (χ2n) is 9.13. The molecule has 1 fully saturated rings. The number of benzene rings is 2. The summed E-state index contributed by atoms with van der Waals surface area (Å²) >= 11 is 0. The van der Waals surface area contributed by atoms with Crippen molar-refractivity contribution in [1.29, 1.82) is 0 Å². The van der Waals surface area contributed by atoms with Gasteiger partial charge in [0.1, 0.15) is 17.9 Å². The maximum atomic E-state index is 13.0. The molecule has 9 heteroatoms. The van der Waals surface area contributed by atoms with Gasteiger partial charge in [-0.3, -0.25) is 9.59 Å². The predicted molar refractivity (Wildman–Crippen MR) is 132 cm³/mol. The van der Waals surface area contributed by atoms with E-state index in [1.54, 1.807) is 34.9 Å². The topological polar surface area (TPSA) is 98.5 Å². The van der Waals surface area contributed by atoms with E-state index in [1.165, 1.54) is 0 Å². The maximum absolute atomic E-state index is 13.0. The third-order valence-corrected chi connectivity index (χ3v) is 6.74. The molecule has 0 spiro atoms. The Balaban J connectivity index is 1.19. The normalized spacial score (nSPS) is 17.2. The molecule has 2 amide bonds. The van der Waals surface area contributed by atoms with Crippen LogP contribution >= 0.6 is 0 Å². The maximum Gasteiger partial charge on any atom is 0.339 e. The third kappa shape index (κ3) is 4.48. The summed E-state index contributed by atoms with van der Waals surface area (Å²) in [6, 6.07) is 10.9. The van der Waals surface area contributed by atoms with Gasteiger partial charge in [-0.25, -0.2) is 4.79 Å². The number of ether oxygens (including phenoxy) is 3. The number of hydrogen-bond donors (Lipinski definition) is 0. The molecule has 188 valence electrons. The molecule has 2 aliphatic rings. The van der Waals surface area contributed by atoms with Crippen molar-refractivity contribution in [3.8, 4) is 17.2 Å². The zero-order chi connectivity index (χ0) is 25.4. The summed E-state index contributed by atoms with van der Waals surface area (Å²) < 4.78 is 22.9. The summed E-state index contributed by atoms with van der Waals surface area (Å²) in [7, 11) is 0. The van der Waals surface area contributed by atoms with Crippen LogP contribution in [0.2, 0.25) is 0 Å². The highest BCUT2D eigenvalue weighted by atomic mass is 16.6. The summed E-state index contributed by atoms with van der Waals surface area (Å²) in [5.41, 5.74) is 2.20. The fraction of sp³-hybridized carbons (Fsp3) is 0.370. The van der Waals surface area contributed by atoms with Crippen LogP contribution < -0.4 is 19.8 Å². The molecule has 0 unspecified atom stereocenters. The minimum absolute atomic E-state index is 0.147. The van der Waals surface area contributed by atoms with Crippen LogP contribution in [0.15, 0.2) is 45.6 Å². The fourth-order valence-electron chi connectivity index (χ4n) is 4.55. The van der Waals surface area contributed by atoms with Crippen LogP contribution in [0.3, 0.4) is 0 Å². The number of rotatable bonds is 4. The predicted octanol–water partition coefficient (Wildman–Crippen LogP) is 2.61. The molecule has 9 nitrogen and oxygen atoms in total. The number of carbonyl (C=O) groups is 2. The van der Waals surface area contributed by atoms with Crippen LogP contribution in [-0.2, 0) is 9.59 Å². The molecule has 0 bridgehead atoms. The van der Waals surface area contributed by atoms with Crippen LogP contribution in [0.4, 0.5) is 0 Å². The van der Waals surface area contributed by atoms with Gasteiger partial charge in [0, 0.05) is 31.7 Å². The zero-order valence-corrected chi connectivity index (χ0v) is 20.5. The molecular formula is C27H28N2O7. The Morgan fingerprint density at radius 2 is 1.67 bits per heavy atom. The van der Waals surface area contributed by atoms with Gasteiger partial charge in [0.25, 0.3) is 11.8 Å². The lowest BCUT2D eigenvalue weighted by Crippen LogP contribution is -2.55. The molecule has 2 aromatic carbocycles. The Morgan fingerprint density at radius 3 is 2.42 bits per heavy atom. The van der Waals surface area contributed by atoms with Crippen molar-refractivity contribution in [1.82, 2.24) is 9.80 Å². The number of carbonyl (C=O) groups excluding carboxylic acids is 2. The van der Waals surface area contributed by atoms with E-state index in [0.717, 1.165) is 11.1 Å². The Labute approximate surface area is 208 Å². The first-order valence-electron chi connectivity index (χ1n) is 11.9. The zero-order valence-electron chi connectivity index (χ0n) is 20.5. The first-order chi connectivity index (χ1) is 17.3. The lowest BCUT2D eigenvalue weighted by molar-refractivity contribution is -0.146. The molecular weight excluding hydrogens is 464 g/mol. The Bertz CT molecular complexity index is 1390. The van der Waals surface area contributed by atoms with Gasteiger partial charge in [-0.15, -0.1) is 0 Å². The number of piperazine rings is 1. The van der Waals surface area contributed by atoms with Gasteiger partial charge >= 0.3 is 5.63 Å². The fourth-order valence-corrected chi connectivity index (χ4v) is 4.55. The van der Waals surface area contributed by atoms with Gasteiger partial charge in [-0.05, 0) is 56.2 Å². The summed E-state index contributed by atoms with van der Waals surface area (Å²) in [4.78, 5) is 41.3. The van der Waals surface area contributed by atoms with Gasteiger partial charge in [-0.1, -0.05) is 12.1 Å². The Kier molecular flexibility index (Phi) is 6.30. The molecule has 1 saturated heterocycles. The smallest absolute Gasteiger partial charge is 0.339 e. The van der Waals surface area contributed by atoms with Gasteiger partial charge < -0.3 is 28.4 Å². The third-order valence-electron chi connectivity index (χ3n) is 6.74. The summed E-state index contributed by atoms with van der Waals surface area (Å²) in [5, 5.41) is 0.692. The van der Waals surface area contributed by atoms with Gasteiger partial charge in [0.05, 0.1) is 5.39 Å². The average molecular weight is 493 g/mol. The highest BCUT2D eigenvalue weighted by Crippen LogP contribution is 2.32. The van der Waals surface area contributed by atoms with Gasteiger partial charge in [0.15, 0.2) is 18.1 Å². The van der Waals surface area contributed by atoms with E-state index >= 15 is 0 Å². The van der Waals surface area contributed by atoms with Crippen molar-refractivity contribution >= 4 is 22.8 Å². The molecule has 0 N–H and O–H groups in total. The standard InChI is InChI=1S/C27H28N2O7/c1-16-12-21(25-17(2)18(3)27(32)36-22(25)13-16)34-15-24(30)28-8-10-29(11-9-28)26(31)23-14-33-19-6-4-5-7-20(19)35-23/h4-7,12-13,23H,8-11,14-15H2,1-3H3/t23-/m1/s1. The van der Waals surface area contributed by atoms with E-state index < -0.39 is 6.10 Å². The van der Waals surface area contributed by atoms with Crippen molar-refractivity contribution < 1.29 is 28.2 Å². The average Bonchev–Trinajstić information content (AvgIpc) is 2.89. The SMILES string of the molecule is Cc1cc(OCC(=O)N2CCN(C(=O)[C@H]3COc4ccccc4O3)CC2)c2c(C)c(C)c(=O)oc2c1. The first kappa shape index (κ1) is 23.7. The molecule has 0 aliphatic carbocycles. The van der Waals surface area contributed by atoms with E-state index in [2.05, 4.69) is 0 Å². The van der Waals surface area contributed by atoms with Crippen molar-refractivity contribution in [2.24, 2.45) is 0 Å². The number of hydrogen-bond acceptors (Lipinski definition) is 7. The second kappa shape index (κ2) is 9.56. The number of para-hydroxylation sites is 2. The van der Waals surface area contributed by atoms with E-state index in [4.69, 9.17) is 18.6 Å². The molecule has 0 radical (unpaired) electrons. The Morgan fingerprint density at radius 1 is 0.972 bits per heavy atom. The quantitative estimate of drug-likeness (QED) is 0.517. The summed E-state index contributed by atoms with van der Waals surface area (Å²) in [6.07, 6.45) is -0.702. The number of amides is 2.